The molecule has 0 fully saturated rings. The largest absolute Gasteiger partial charge is 0.382 e. The number of aliphatic hydroxyl groups is 1. The molecule has 1 heterocycles. The highest BCUT2D eigenvalue weighted by atomic mass is 16.6. The first kappa shape index (κ1) is 13.3. The van der Waals surface area contributed by atoms with Crippen LogP contribution in [0.5, 0.6) is 0 Å². The third kappa shape index (κ3) is 2.25. The second-order valence-corrected chi connectivity index (χ2v) is 4.83. The highest BCUT2D eigenvalue weighted by Gasteiger charge is 2.35. The van der Waals surface area contributed by atoms with E-state index in [1.54, 1.807) is 30.3 Å². The van der Waals surface area contributed by atoms with Gasteiger partial charge in [0.2, 0.25) is 0 Å². The van der Waals surface area contributed by atoms with Crippen LogP contribution in [0, 0.1) is 10.1 Å². The van der Waals surface area contributed by atoms with Crippen LogP contribution in [0.2, 0.25) is 0 Å². The van der Waals surface area contributed by atoms with E-state index in [2.05, 4.69) is 5.32 Å². The van der Waals surface area contributed by atoms with Crippen LogP contribution < -0.4 is 5.32 Å². The van der Waals surface area contributed by atoms with Gasteiger partial charge in [-0.15, -0.1) is 0 Å². The number of Topliss-reactive ketones (excluding diaryl/α,β-unsaturated/α-hetero) is 1. The number of para-hydroxylation sites is 1. The summed E-state index contributed by atoms with van der Waals surface area (Å²) in [6.07, 6.45) is -1.28. The maximum Gasteiger partial charge on any atom is 0.269 e. The molecular weight excluding hydrogens is 272 g/mol. The number of benzene rings is 2. The minimum Gasteiger partial charge on any atom is -0.382 e. The number of carbonyl (C=O) groups excluding carboxylic acids is 1. The maximum atomic E-state index is 12.2. The van der Waals surface area contributed by atoms with E-state index >= 15 is 0 Å². The molecule has 21 heavy (non-hydrogen) atoms. The van der Waals surface area contributed by atoms with Crippen molar-refractivity contribution >= 4 is 17.2 Å². The first-order valence-electron chi connectivity index (χ1n) is 6.40. The molecule has 0 saturated carbocycles. The number of nitro benzene ring substituents is 1. The first-order valence-corrected chi connectivity index (χ1v) is 6.40. The van der Waals surface area contributed by atoms with E-state index in [0.717, 1.165) is 0 Å². The predicted molar refractivity (Wildman–Crippen MR) is 76.2 cm³/mol. The SMILES string of the molecule is O=C1c2ccccc2N[C@@H](c2cccc([N+](=O)[O-])c2)[C@H]1O. The van der Waals surface area contributed by atoms with Crippen molar-refractivity contribution in [2.75, 3.05) is 5.32 Å². The van der Waals surface area contributed by atoms with Gasteiger partial charge in [-0.3, -0.25) is 14.9 Å². The van der Waals surface area contributed by atoms with Crippen LogP contribution >= 0.6 is 0 Å². The summed E-state index contributed by atoms with van der Waals surface area (Å²) in [5.41, 5.74) is 1.46. The van der Waals surface area contributed by atoms with Crippen molar-refractivity contribution in [1.82, 2.24) is 0 Å². The van der Waals surface area contributed by atoms with Gasteiger partial charge in [0.25, 0.3) is 5.69 Å². The Balaban J connectivity index is 2.02. The molecule has 6 heteroatoms. The average molecular weight is 284 g/mol. The van der Waals surface area contributed by atoms with Gasteiger partial charge >= 0.3 is 0 Å². The number of rotatable bonds is 2. The number of carbonyl (C=O) groups is 1. The summed E-state index contributed by atoms with van der Waals surface area (Å²) in [7, 11) is 0. The standard InChI is InChI=1S/C15H12N2O4/c18-14-11-6-1-2-7-12(11)16-13(15(14)19)9-4-3-5-10(8-9)17(20)21/h1-8,13,15-16,19H/t13-,15+/m0/s1. The zero-order valence-corrected chi connectivity index (χ0v) is 10.9. The van der Waals surface area contributed by atoms with Crippen LogP contribution in [0.4, 0.5) is 11.4 Å². The fraction of sp³-hybridized carbons (Fsp3) is 0.133. The van der Waals surface area contributed by atoms with Gasteiger partial charge in [-0.2, -0.15) is 0 Å². The molecule has 3 rings (SSSR count). The van der Waals surface area contributed by atoms with Gasteiger partial charge in [0, 0.05) is 23.4 Å². The summed E-state index contributed by atoms with van der Waals surface area (Å²) in [5, 5.41) is 24.1. The van der Waals surface area contributed by atoms with Crippen LogP contribution in [0.3, 0.4) is 0 Å². The fourth-order valence-corrected chi connectivity index (χ4v) is 2.48. The van der Waals surface area contributed by atoms with Crippen molar-refractivity contribution in [2.24, 2.45) is 0 Å². The molecule has 0 bridgehead atoms. The molecule has 0 aliphatic carbocycles. The van der Waals surface area contributed by atoms with Crippen molar-refractivity contribution in [2.45, 2.75) is 12.1 Å². The molecule has 0 spiro atoms. The van der Waals surface area contributed by atoms with Gasteiger partial charge in [-0.25, -0.2) is 0 Å². The number of nitro groups is 1. The number of nitrogens with one attached hydrogen (secondary N) is 1. The van der Waals surface area contributed by atoms with E-state index in [4.69, 9.17) is 0 Å². The molecule has 2 N–H and O–H groups in total. The average Bonchev–Trinajstić information content (AvgIpc) is 2.51. The number of non-ortho nitro benzene ring substituents is 1. The molecule has 6 nitrogen and oxygen atoms in total. The Morgan fingerprint density at radius 2 is 1.90 bits per heavy atom. The van der Waals surface area contributed by atoms with Gasteiger partial charge < -0.3 is 10.4 Å². The highest BCUT2D eigenvalue weighted by Crippen LogP contribution is 2.33. The topological polar surface area (TPSA) is 92.5 Å². The third-order valence-corrected chi connectivity index (χ3v) is 3.53. The second kappa shape index (κ2) is 4.99. The maximum absolute atomic E-state index is 12.2. The van der Waals surface area contributed by atoms with Crippen LogP contribution in [0.15, 0.2) is 48.5 Å². The predicted octanol–water partition coefficient (Wildman–Crippen LogP) is 2.31. The van der Waals surface area contributed by atoms with E-state index in [-0.39, 0.29) is 11.5 Å². The Bertz CT molecular complexity index is 729. The number of hydrogen-bond donors (Lipinski definition) is 2. The molecule has 0 saturated heterocycles. The molecule has 1 aliphatic heterocycles. The fourth-order valence-electron chi connectivity index (χ4n) is 2.48. The lowest BCUT2D eigenvalue weighted by atomic mass is 9.90. The lowest BCUT2D eigenvalue weighted by Crippen LogP contribution is -2.37. The van der Waals surface area contributed by atoms with Crippen LogP contribution in [0.1, 0.15) is 22.0 Å². The number of hydrogen-bond acceptors (Lipinski definition) is 5. The summed E-state index contributed by atoms with van der Waals surface area (Å²) in [4.78, 5) is 22.5. The summed E-state index contributed by atoms with van der Waals surface area (Å²) < 4.78 is 0. The molecule has 2 aromatic carbocycles. The lowest BCUT2D eigenvalue weighted by Gasteiger charge is -2.30. The second-order valence-electron chi connectivity index (χ2n) is 4.83. The Morgan fingerprint density at radius 3 is 2.67 bits per heavy atom. The minimum absolute atomic E-state index is 0.0761. The van der Waals surface area contributed by atoms with Crippen molar-refractivity contribution in [3.8, 4) is 0 Å². The summed E-state index contributed by atoms with van der Waals surface area (Å²) in [6.45, 7) is 0. The normalized spacial score (nSPS) is 20.5. The smallest absolute Gasteiger partial charge is 0.269 e. The summed E-state index contributed by atoms with van der Waals surface area (Å²) in [5.74, 6) is -0.388. The van der Waals surface area contributed by atoms with E-state index < -0.39 is 17.1 Å². The molecular formula is C15H12N2O4. The highest BCUT2D eigenvalue weighted by molar-refractivity contribution is 6.06. The van der Waals surface area contributed by atoms with Crippen LogP contribution in [-0.2, 0) is 0 Å². The van der Waals surface area contributed by atoms with E-state index in [1.165, 1.54) is 18.2 Å². The molecule has 2 atom stereocenters. The zero-order chi connectivity index (χ0) is 15.0. The van der Waals surface area contributed by atoms with Crippen LogP contribution in [0.25, 0.3) is 0 Å². The van der Waals surface area contributed by atoms with Gasteiger partial charge in [-0.1, -0.05) is 24.3 Å². The molecule has 0 amide bonds. The van der Waals surface area contributed by atoms with E-state index in [9.17, 15) is 20.0 Å². The Morgan fingerprint density at radius 1 is 1.14 bits per heavy atom. The van der Waals surface area contributed by atoms with Crippen LogP contribution in [-0.4, -0.2) is 21.9 Å². The summed E-state index contributed by atoms with van der Waals surface area (Å²) in [6, 6.07) is 12.1. The number of aliphatic hydroxyl groups excluding tert-OH is 1. The lowest BCUT2D eigenvalue weighted by molar-refractivity contribution is -0.384. The van der Waals surface area contributed by atoms with Gasteiger partial charge in [0.05, 0.1) is 11.0 Å². The van der Waals surface area contributed by atoms with E-state index in [1.807, 2.05) is 0 Å². The quantitative estimate of drug-likeness (QED) is 0.652. The molecule has 0 unspecified atom stereocenters. The number of fused-ring (bicyclic) bond motifs is 1. The van der Waals surface area contributed by atoms with Crippen molar-refractivity contribution < 1.29 is 14.8 Å². The zero-order valence-electron chi connectivity index (χ0n) is 10.9. The molecule has 0 radical (unpaired) electrons. The third-order valence-electron chi connectivity index (χ3n) is 3.53. The summed E-state index contributed by atoms with van der Waals surface area (Å²) >= 11 is 0. The molecule has 2 aromatic rings. The first-order chi connectivity index (χ1) is 10.1. The molecule has 1 aliphatic rings. The Labute approximate surface area is 120 Å². The van der Waals surface area contributed by atoms with Crippen molar-refractivity contribution in [3.05, 3.63) is 69.8 Å². The number of nitrogens with zero attached hydrogens (tertiary/aromatic N) is 1. The molecule has 106 valence electrons. The van der Waals surface area contributed by atoms with E-state index in [0.29, 0.717) is 16.8 Å². The van der Waals surface area contributed by atoms with Gasteiger partial charge in [0.1, 0.15) is 6.10 Å². The number of ketones is 1. The number of anilines is 1. The Kier molecular flexibility index (Phi) is 3.15. The van der Waals surface area contributed by atoms with Crippen molar-refractivity contribution in [1.29, 1.82) is 0 Å². The minimum atomic E-state index is -1.28. The molecule has 0 aromatic heterocycles. The monoisotopic (exact) mass is 284 g/mol. The van der Waals surface area contributed by atoms with Crippen molar-refractivity contribution in [3.63, 3.8) is 0 Å². The van der Waals surface area contributed by atoms with Gasteiger partial charge in [-0.05, 0) is 17.7 Å². The van der Waals surface area contributed by atoms with Gasteiger partial charge in [0.15, 0.2) is 5.78 Å². The Hall–Kier alpha value is -2.73.